The summed E-state index contributed by atoms with van der Waals surface area (Å²) in [6.07, 6.45) is 1.33. The summed E-state index contributed by atoms with van der Waals surface area (Å²) in [5, 5.41) is 4.95. The van der Waals surface area contributed by atoms with Crippen molar-refractivity contribution in [1.82, 2.24) is 5.32 Å². The first-order valence-corrected chi connectivity index (χ1v) is 12.7. The number of para-hydroxylation sites is 1. The van der Waals surface area contributed by atoms with Gasteiger partial charge in [0.2, 0.25) is 0 Å². The molecule has 37 heavy (non-hydrogen) atoms. The lowest BCUT2D eigenvalue weighted by Gasteiger charge is -2.27. The van der Waals surface area contributed by atoms with Gasteiger partial charge in [0.25, 0.3) is 17.7 Å². The predicted octanol–water partition coefficient (Wildman–Crippen LogP) is 5.51. The molecule has 0 spiro atoms. The molecule has 0 atom stereocenters. The van der Waals surface area contributed by atoms with E-state index in [4.69, 9.17) is 4.74 Å². The molecule has 1 aliphatic rings. The number of imide groups is 2. The maximum absolute atomic E-state index is 13.3. The highest BCUT2D eigenvalue weighted by Gasteiger charge is 2.37. The lowest BCUT2D eigenvalue weighted by atomic mass is 10.0. The van der Waals surface area contributed by atoms with Gasteiger partial charge in [-0.1, -0.05) is 40.2 Å². The zero-order valence-corrected chi connectivity index (χ0v) is 23.0. The number of nitrogens with one attached hydrogen (secondary N) is 2. The first kappa shape index (κ1) is 26.3. The quantitative estimate of drug-likeness (QED) is 0.277. The van der Waals surface area contributed by atoms with Crippen LogP contribution in [0.2, 0.25) is 0 Å². The van der Waals surface area contributed by atoms with Crippen molar-refractivity contribution in [3.8, 4) is 5.75 Å². The molecule has 3 aromatic rings. The molecule has 0 unspecified atom stereocenters. The van der Waals surface area contributed by atoms with E-state index in [2.05, 4.69) is 42.5 Å². The van der Waals surface area contributed by atoms with Crippen molar-refractivity contribution < 1.29 is 23.9 Å². The molecule has 188 valence electrons. The number of carbonyl (C=O) groups excluding carboxylic acids is 4. The number of nitrogens with zero attached hydrogens (tertiary/aromatic N) is 1. The van der Waals surface area contributed by atoms with Crippen LogP contribution in [0.3, 0.4) is 0 Å². The molecule has 5 amide bonds. The summed E-state index contributed by atoms with van der Waals surface area (Å²) in [5.74, 6) is -1.76. The van der Waals surface area contributed by atoms with E-state index >= 15 is 0 Å². The molecule has 0 saturated carbocycles. The Labute approximate surface area is 229 Å². The van der Waals surface area contributed by atoms with Crippen molar-refractivity contribution >= 4 is 73.1 Å². The van der Waals surface area contributed by atoms with Gasteiger partial charge in [-0.2, -0.15) is 0 Å². The molecule has 0 radical (unpaired) electrons. The monoisotopic (exact) mass is 625 g/mol. The third-order valence-corrected chi connectivity index (χ3v) is 6.64. The third kappa shape index (κ3) is 5.98. The van der Waals surface area contributed by atoms with Crippen LogP contribution in [0.4, 0.5) is 16.2 Å². The maximum Gasteiger partial charge on any atom is 0.335 e. The SMILES string of the molecule is Cc1ccc(N2C(=O)NC(=O)/C(=C/c3cc(Br)cc(Br)c3OCC(=O)Nc3ccccc3)C2=O)cc1C. The largest absolute Gasteiger partial charge is 0.482 e. The van der Waals surface area contributed by atoms with Gasteiger partial charge in [-0.25, -0.2) is 9.69 Å². The molecule has 1 saturated heterocycles. The molecule has 0 aromatic heterocycles. The van der Waals surface area contributed by atoms with Crippen molar-refractivity contribution in [3.63, 3.8) is 0 Å². The smallest absolute Gasteiger partial charge is 0.335 e. The lowest BCUT2D eigenvalue weighted by molar-refractivity contribution is -0.122. The number of hydrogen-bond donors (Lipinski definition) is 2. The van der Waals surface area contributed by atoms with E-state index in [1.165, 1.54) is 6.08 Å². The Morgan fingerprint density at radius 2 is 1.73 bits per heavy atom. The zero-order chi connectivity index (χ0) is 26.7. The molecule has 1 aliphatic heterocycles. The normalized spacial score (nSPS) is 14.5. The van der Waals surface area contributed by atoms with Crippen LogP contribution in [0.25, 0.3) is 6.08 Å². The van der Waals surface area contributed by atoms with Crippen molar-refractivity contribution in [3.05, 3.63) is 91.9 Å². The molecule has 3 aromatic carbocycles. The summed E-state index contributed by atoms with van der Waals surface area (Å²) < 4.78 is 6.91. The summed E-state index contributed by atoms with van der Waals surface area (Å²) in [5.41, 5.74) is 2.93. The van der Waals surface area contributed by atoms with E-state index in [9.17, 15) is 19.2 Å². The first-order chi connectivity index (χ1) is 17.6. The lowest BCUT2D eigenvalue weighted by Crippen LogP contribution is -2.54. The van der Waals surface area contributed by atoms with Gasteiger partial charge in [-0.3, -0.25) is 19.7 Å². The van der Waals surface area contributed by atoms with E-state index in [0.717, 1.165) is 16.0 Å². The van der Waals surface area contributed by atoms with E-state index < -0.39 is 23.8 Å². The fourth-order valence-electron chi connectivity index (χ4n) is 3.61. The summed E-state index contributed by atoms with van der Waals surface area (Å²) in [7, 11) is 0. The Kier molecular flexibility index (Phi) is 7.89. The number of hydrogen-bond acceptors (Lipinski definition) is 5. The Bertz CT molecular complexity index is 1450. The highest BCUT2D eigenvalue weighted by atomic mass is 79.9. The fraction of sp³-hybridized carbons (Fsp3) is 0.111. The van der Waals surface area contributed by atoms with Crippen LogP contribution >= 0.6 is 31.9 Å². The second-order valence-corrected chi connectivity index (χ2v) is 10.0. The van der Waals surface area contributed by atoms with Crippen LogP contribution in [0.15, 0.2) is 75.2 Å². The van der Waals surface area contributed by atoms with Crippen LogP contribution in [-0.4, -0.2) is 30.4 Å². The second kappa shape index (κ2) is 11.1. The second-order valence-electron chi connectivity index (χ2n) is 8.24. The molecular weight excluding hydrogens is 606 g/mol. The van der Waals surface area contributed by atoms with E-state index in [0.29, 0.717) is 25.9 Å². The average Bonchev–Trinajstić information content (AvgIpc) is 2.83. The van der Waals surface area contributed by atoms with Gasteiger partial charge in [-0.05, 0) is 83.4 Å². The zero-order valence-electron chi connectivity index (χ0n) is 19.8. The number of benzene rings is 3. The van der Waals surface area contributed by atoms with Crippen LogP contribution in [0, 0.1) is 13.8 Å². The van der Waals surface area contributed by atoms with Crippen LogP contribution in [0.5, 0.6) is 5.75 Å². The molecule has 2 N–H and O–H groups in total. The number of urea groups is 1. The molecule has 8 nitrogen and oxygen atoms in total. The molecule has 1 heterocycles. The van der Waals surface area contributed by atoms with Gasteiger partial charge < -0.3 is 10.1 Å². The van der Waals surface area contributed by atoms with Crippen molar-refractivity contribution in [1.29, 1.82) is 0 Å². The molecule has 0 bridgehead atoms. The minimum absolute atomic E-state index is 0.245. The van der Waals surface area contributed by atoms with Gasteiger partial charge in [0.15, 0.2) is 6.61 Å². The van der Waals surface area contributed by atoms with Gasteiger partial charge in [0, 0.05) is 15.7 Å². The Morgan fingerprint density at radius 1 is 1.00 bits per heavy atom. The number of aryl methyl sites for hydroxylation is 2. The fourth-order valence-corrected chi connectivity index (χ4v) is 4.98. The van der Waals surface area contributed by atoms with Crippen LogP contribution in [-0.2, 0) is 14.4 Å². The molecule has 4 rings (SSSR count). The number of barbiturate groups is 1. The number of rotatable bonds is 6. The van der Waals surface area contributed by atoms with Crippen molar-refractivity contribution in [2.75, 3.05) is 16.8 Å². The van der Waals surface area contributed by atoms with Gasteiger partial charge in [-0.15, -0.1) is 0 Å². The number of anilines is 2. The minimum atomic E-state index is -0.834. The highest BCUT2D eigenvalue weighted by Crippen LogP contribution is 2.35. The Hall–Kier alpha value is -3.76. The molecule has 10 heteroatoms. The minimum Gasteiger partial charge on any atom is -0.482 e. The van der Waals surface area contributed by atoms with Gasteiger partial charge in [0.1, 0.15) is 11.3 Å². The summed E-state index contributed by atoms with van der Waals surface area (Å²) in [6.45, 7) is 3.46. The summed E-state index contributed by atoms with van der Waals surface area (Å²) >= 11 is 6.81. The number of halogens is 2. The van der Waals surface area contributed by atoms with E-state index in [1.807, 2.05) is 19.9 Å². The predicted molar refractivity (Wildman–Crippen MR) is 147 cm³/mol. The number of amides is 5. The summed E-state index contributed by atoms with van der Waals surface area (Å²) in [4.78, 5) is 51.9. The number of ether oxygens (including phenoxy) is 1. The van der Waals surface area contributed by atoms with Crippen molar-refractivity contribution in [2.45, 2.75) is 13.8 Å². The number of carbonyl (C=O) groups is 4. The Morgan fingerprint density at radius 3 is 2.43 bits per heavy atom. The summed E-state index contributed by atoms with van der Waals surface area (Å²) in [6, 6.07) is 16.6. The van der Waals surface area contributed by atoms with Crippen LogP contribution in [0.1, 0.15) is 16.7 Å². The van der Waals surface area contributed by atoms with E-state index in [-0.39, 0.29) is 17.9 Å². The van der Waals surface area contributed by atoms with Gasteiger partial charge in [0.05, 0.1) is 10.2 Å². The standard InChI is InChI=1S/C27H21Br2N3O5/c1-15-8-9-20(10-16(15)2)32-26(35)21(25(34)31-27(32)36)12-17-11-18(28)13-22(29)24(17)37-14-23(33)30-19-6-4-3-5-7-19/h3-13H,14H2,1-2H3,(H,30,33)(H,31,34,36)/b21-12-. The average molecular weight is 627 g/mol. The van der Waals surface area contributed by atoms with E-state index in [1.54, 1.807) is 54.6 Å². The highest BCUT2D eigenvalue weighted by molar-refractivity contribution is 9.11. The molecule has 0 aliphatic carbocycles. The topological polar surface area (TPSA) is 105 Å². The maximum atomic E-state index is 13.3. The first-order valence-electron chi connectivity index (χ1n) is 11.1. The Balaban J connectivity index is 1.64. The van der Waals surface area contributed by atoms with Crippen molar-refractivity contribution in [2.24, 2.45) is 0 Å². The van der Waals surface area contributed by atoms with Crippen LogP contribution < -0.4 is 20.3 Å². The third-order valence-electron chi connectivity index (χ3n) is 5.59. The van der Waals surface area contributed by atoms with Gasteiger partial charge >= 0.3 is 6.03 Å². The molecular formula is C27H21Br2N3O5. The molecule has 1 fully saturated rings.